The summed E-state index contributed by atoms with van der Waals surface area (Å²) in [6, 6.07) is 4.07. The molecule has 0 fully saturated rings. The molecule has 19 heavy (non-hydrogen) atoms. The Balaban J connectivity index is 2.00. The Kier molecular flexibility index (Phi) is 4.91. The number of aromatic amines is 1. The van der Waals surface area contributed by atoms with Gasteiger partial charge in [0.1, 0.15) is 5.82 Å². The van der Waals surface area contributed by atoms with Gasteiger partial charge in [-0.05, 0) is 44.4 Å². The molecule has 2 aromatic rings. The zero-order chi connectivity index (χ0) is 13.7. The van der Waals surface area contributed by atoms with Gasteiger partial charge in [0.25, 0.3) is 0 Å². The minimum atomic E-state index is 0.720. The van der Waals surface area contributed by atoms with Crippen LogP contribution in [0.2, 0.25) is 0 Å². The molecule has 0 spiro atoms. The maximum Gasteiger partial charge on any atom is 0.177 e. The quantitative estimate of drug-likeness (QED) is 0.804. The highest BCUT2D eigenvalue weighted by atomic mass is 15.0. The zero-order valence-electron chi connectivity index (χ0n) is 11.9. The van der Waals surface area contributed by atoms with Crippen molar-refractivity contribution in [3.8, 4) is 0 Å². The number of nitrogens with two attached hydrogens (primary N) is 1. The van der Waals surface area contributed by atoms with Crippen LogP contribution in [-0.2, 0) is 6.42 Å². The van der Waals surface area contributed by atoms with Gasteiger partial charge in [0.15, 0.2) is 5.65 Å². The molecule has 0 saturated heterocycles. The highest BCUT2D eigenvalue weighted by molar-refractivity contribution is 5.70. The fourth-order valence-corrected chi connectivity index (χ4v) is 2.57. The van der Waals surface area contributed by atoms with Crippen molar-refractivity contribution in [2.75, 3.05) is 6.54 Å². The normalized spacial score (nSPS) is 13.0. The molecule has 0 aliphatic rings. The van der Waals surface area contributed by atoms with Crippen molar-refractivity contribution in [1.82, 2.24) is 15.0 Å². The molecule has 0 saturated carbocycles. The van der Waals surface area contributed by atoms with Crippen molar-refractivity contribution in [3.05, 3.63) is 23.7 Å². The van der Waals surface area contributed by atoms with Crippen LogP contribution in [0.25, 0.3) is 11.2 Å². The summed E-state index contributed by atoms with van der Waals surface area (Å²) in [6.07, 6.45) is 5.75. The summed E-state index contributed by atoms with van der Waals surface area (Å²) in [4.78, 5) is 12.4. The number of nitrogens with one attached hydrogen (secondary N) is 1. The number of rotatable bonds is 7. The zero-order valence-corrected chi connectivity index (χ0v) is 11.9. The van der Waals surface area contributed by atoms with Crippen molar-refractivity contribution in [2.45, 2.75) is 46.0 Å². The number of hydrogen-bond donors (Lipinski definition) is 2. The van der Waals surface area contributed by atoms with E-state index in [-0.39, 0.29) is 0 Å². The molecule has 4 heteroatoms. The van der Waals surface area contributed by atoms with Crippen LogP contribution in [0.4, 0.5) is 0 Å². The van der Waals surface area contributed by atoms with Crippen molar-refractivity contribution in [1.29, 1.82) is 0 Å². The molecular formula is C15H24N4. The van der Waals surface area contributed by atoms with Crippen LogP contribution >= 0.6 is 0 Å². The van der Waals surface area contributed by atoms with Crippen molar-refractivity contribution < 1.29 is 0 Å². The lowest BCUT2D eigenvalue weighted by atomic mass is 9.94. The molecule has 0 radical (unpaired) electrons. The number of aromatic nitrogens is 3. The monoisotopic (exact) mass is 260 g/mol. The summed E-state index contributed by atoms with van der Waals surface area (Å²) in [5.41, 5.74) is 8.55. The van der Waals surface area contributed by atoms with Crippen LogP contribution in [0.15, 0.2) is 12.1 Å². The van der Waals surface area contributed by atoms with Gasteiger partial charge in [-0.3, -0.25) is 0 Å². The van der Waals surface area contributed by atoms with E-state index in [1.807, 2.05) is 13.0 Å². The van der Waals surface area contributed by atoms with Gasteiger partial charge in [-0.2, -0.15) is 0 Å². The molecule has 0 amide bonds. The molecule has 0 aliphatic carbocycles. The van der Waals surface area contributed by atoms with Gasteiger partial charge in [0.05, 0.1) is 5.52 Å². The van der Waals surface area contributed by atoms with Gasteiger partial charge in [-0.1, -0.05) is 19.8 Å². The summed E-state index contributed by atoms with van der Waals surface area (Å²) < 4.78 is 0. The average molecular weight is 260 g/mol. The van der Waals surface area contributed by atoms with Crippen LogP contribution < -0.4 is 5.73 Å². The average Bonchev–Trinajstić information content (AvgIpc) is 2.78. The fourth-order valence-electron chi connectivity index (χ4n) is 2.57. The number of fused-ring (bicyclic) bond motifs is 1. The van der Waals surface area contributed by atoms with Gasteiger partial charge in [0, 0.05) is 12.1 Å². The van der Waals surface area contributed by atoms with Gasteiger partial charge >= 0.3 is 0 Å². The van der Waals surface area contributed by atoms with Crippen molar-refractivity contribution in [2.24, 2.45) is 11.7 Å². The Morgan fingerprint density at radius 2 is 2.05 bits per heavy atom. The molecule has 0 aliphatic heterocycles. The Morgan fingerprint density at radius 3 is 2.79 bits per heavy atom. The molecule has 1 atom stereocenters. The van der Waals surface area contributed by atoms with Crippen LogP contribution in [0.1, 0.15) is 44.1 Å². The minimum Gasteiger partial charge on any atom is -0.341 e. The molecule has 0 aromatic carbocycles. The topological polar surface area (TPSA) is 67.6 Å². The lowest BCUT2D eigenvalue weighted by molar-refractivity contribution is 0.418. The molecule has 2 rings (SSSR count). The SMILES string of the molecule is CCCC(CCN)CCc1nc2nc(C)ccc2[nH]1. The lowest BCUT2D eigenvalue weighted by Crippen LogP contribution is -2.10. The highest BCUT2D eigenvalue weighted by Crippen LogP contribution is 2.18. The third kappa shape index (κ3) is 3.77. The number of hydrogen-bond acceptors (Lipinski definition) is 3. The molecule has 0 bridgehead atoms. The summed E-state index contributed by atoms with van der Waals surface area (Å²) >= 11 is 0. The Labute approximate surface area is 114 Å². The Bertz CT molecular complexity index is 512. The largest absolute Gasteiger partial charge is 0.341 e. The van der Waals surface area contributed by atoms with E-state index in [0.717, 1.165) is 54.4 Å². The van der Waals surface area contributed by atoms with Crippen molar-refractivity contribution in [3.63, 3.8) is 0 Å². The molecule has 1 unspecified atom stereocenters. The number of aryl methyl sites for hydroxylation is 2. The smallest absolute Gasteiger partial charge is 0.177 e. The highest BCUT2D eigenvalue weighted by Gasteiger charge is 2.10. The summed E-state index contributed by atoms with van der Waals surface area (Å²) in [6.45, 7) is 5.01. The standard InChI is InChI=1S/C15H24N4/c1-3-4-12(9-10-16)6-8-14-18-13-7-5-11(2)17-15(13)19-14/h5,7,12H,3-4,6,8-10,16H2,1-2H3,(H,17,18,19). The molecule has 3 N–H and O–H groups in total. The lowest BCUT2D eigenvalue weighted by Gasteiger charge is -2.13. The number of nitrogens with zero attached hydrogens (tertiary/aromatic N) is 2. The molecule has 4 nitrogen and oxygen atoms in total. The number of imidazole rings is 1. The van der Waals surface area contributed by atoms with Gasteiger partial charge in [-0.15, -0.1) is 0 Å². The molecule has 2 aromatic heterocycles. The van der Waals surface area contributed by atoms with Crippen LogP contribution in [0.3, 0.4) is 0 Å². The predicted molar refractivity (Wildman–Crippen MR) is 79.0 cm³/mol. The predicted octanol–water partition coefficient (Wildman–Crippen LogP) is 2.96. The van der Waals surface area contributed by atoms with Gasteiger partial charge < -0.3 is 10.7 Å². The third-order valence-electron chi connectivity index (χ3n) is 3.60. The molecule has 2 heterocycles. The van der Waals surface area contributed by atoms with E-state index in [1.165, 1.54) is 12.8 Å². The second-order valence-corrected chi connectivity index (χ2v) is 5.28. The second kappa shape index (κ2) is 6.66. The Morgan fingerprint density at radius 1 is 1.21 bits per heavy atom. The van der Waals surface area contributed by atoms with E-state index in [1.54, 1.807) is 0 Å². The first-order valence-electron chi connectivity index (χ1n) is 7.25. The van der Waals surface area contributed by atoms with Gasteiger partial charge in [-0.25, -0.2) is 9.97 Å². The molecular weight excluding hydrogens is 236 g/mol. The van der Waals surface area contributed by atoms with E-state index >= 15 is 0 Å². The van der Waals surface area contributed by atoms with E-state index in [4.69, 9.17) is 5.73 Å². The second-order valence-electron chi connectivity index (χ2n) is 5.28. The van der Waals surface area contributed by atoms with E-state index in [2.05, 4.69) is 27.9 Å². The van der Waals surface area contributed by atoms with Crippen LogP contribution in [0.5, 0.6) is 0 Å². The van der Waals surface area contributed by atoms with E-state index in [9.17, 15) is 0 Å². The first kappa shape index (κ1) is 14.0. The van der Waals surface area contributed by atoms with Crippen LogP contribution in [-0.4, -0.2) is 21.5 Å². The molecule has 104 valence electrons. The van der Waals surface area contributed by atoms with E-state index in [0.29, 0.717) is 0 Å². The maximum absolute atomic E-state index is 5.67. The Hall–Kier alpha value is -1.42. The van der Waals surface area contributed by atoms with Gasteiger partial charge in [0.2, 0.25) is 0 Å². The maximum atomic E-state index is 5.67. The minimum absolute atomic E-state index is 0.720. The number of H-pyrrole nitrogens is 1. The summed E-state index contributed by atoms with van der Waals surface area (Å²) in [5.74, 6) is 1.77. The summed E-state index contributed by atoms with van der Waals surface area (Å²) in [5, 5.41) is 0. The fraction of sp³-hybridized carbons (Fsp3) is 0.600. The van der Waals surface area contributed by atoms with Crippen LogP contribution in [0, 0.1) is 12.8 Å². The van der Waals surface area contributed by atoms with Crippen molar-refractivity contribution >= 4 is 11.2 Å². The summed E-state index contributed by atoms with van der Waals surface area (Å²) in [7, 11) is 0. The number of pyridine rings is 1. The first-order chi connectivity index (χ1) is 9.22. The van der Waals surface area contributed by atoms with E-state index < -0.39 is 0 Å². The third-order valence-corrected chi connectivity index (χ3v) is 3.60. The first-order valence-corrected chi connectivity index (χ1v) is 7.25.